The predicted molar refractivity (Wildman–Crippen MR) is 74.9 cm³/mol. The monoisotopic (exact) mass is 261 g/mol. The van der Waals surface area contributed by atoms with Gasteiger partial charge in [0.05, 0.1) is 6.61 Å². The molecule has 0 aliphatic carbocycles. The lowest BCUT2D eigenvalue weighted by atomic mass is 10.00. The second-order valence-electron chi connectivity index (χ2n) is 5.50. The van der Waals surface area contributed by atoms with Crippen LogP contribution < -0.4 is 5.32 Å². The molecule has 0 aromatic heterocycles. The topological polar surface area (TPSA) is 30.5 Å². The fourth-order valence-electron chi connectivity index (χ4n) is 3.16. The molecule has 2 aliphatic heterocycles. The Morgan fingerprint density at radius 1 is 1.26 bits per heavy atom. The van der Waals surface area contributed by atoms with Crippen molar-refractivity contribution >= 4 is 0 Å². The summed E-state index contributed by atoms with van der Waals surface area (Å²) in [5.74, 6) is -0.537. The van der Waals surface area contributed by atoms with E-state index in [1.165, 1.54) is 19.3 Å². The smallest absolute Gasteiger partial charge is 0.195 e. The number of ether oxygens (including phenoxy) is 2. The van der Waals surface area contributed by atoms with Crippen LogP contribution in [0.5, 0.6) is 0 Å². The number of hydrogen-bond donors (Lipinski definition) is 1. The van der Waals surface area contributed by atoms with Crippen molar-refractivity contribution in [3.05, 3.63) is 35.9 Å². The minimum Gasteiger partial charge on any atom is -0.343 e. The lowest BCUT2D eigenvalue weighted by Gasteiger charge is -2.31. The first kappa shape index (κ1) is 13.1. The largest absolute Gasteiger partial charge is 0.343 e. The molecule has 19 heavy (non-hydrogen) atoms. The molecule has 0 bridgehead atoms. The van der Waals surface area contributed by atoms with Crippen LogP contribution in [0.2, 0.25) is 0 Å². The fourth-order valence-corrected chi connectivity index (χ4v) is 3.16. The zero-order valence-corrected chi connectivity index (χ0v) is 11.6. The van der Waals surface area contributed by atoms with Crippen LogP contribution in [-0.4, -0.2) is 25.3 Å². The average Bonchev–Trinajstić information content (AvgIpc) is 2.95. The summed E-state index contributed by atoms with van der Waals surface area (Å²) in [5, 5.41) is 3.57. The maximum absolute atomic E-state index is 6.34. The molecular weight excluding hydrogens is 238 g/mol. The summed E-state index contributed by atoms with van der Waals surface area (Å²) >= 11 is 0. The first-order valence-corrected chi connectivity index (χ1v) is 7.45. The zero-order valence-electron chi connectivity index (χ0n) is 11.6. The van der Waals surface area contributed by atoms with Gasteiger partial charge < -0.3 is 14.8 Å². The Morgan fingerprint density at radius 3 is 2.79 bits per heavy atom. The molecular formula is C16H23NO2. The SMILES string of the molecule is CC[C@]1(c2ccccc2)OC[C@H]([C@@H]2CCCCN2)O1. The number of benzene rings is 1. The van der Waals surface area contributed by atoms with Gasteiger partial charge in [-0.3, -0.25) is 0 Å². The quantitative estimate of drug-likeness (QED) is 0.907. The van der Waals surface area contributed by atoms with Crippen LogP contribution in [0.1, 0.15) is 38.2 Å². The number of nitrogens with one attached hydrogen (secondary N) is 1. The third-order valence-corrected chi connectivity index (χ3v) is 4.30. The minimum absolute atomic E-state index is 0.181. The molecule has 2 fully saturated rings. The fraction of sp³-hybridized carbons (Fsp3) is 0.625. The average molecular weight is 261 g/mol. The molecule has 3 rings (SSSR count). The molecule has 1 aromatic carbocycles. The Morgan fingerprint density at radius 2 is 2.11 bits per heavy atom. The number of rotatable bonds is 3. The van der Waals surface area contributed by atoms with E-state index >= 15 is 0 Å². The van der Waals surface area contributed by atoms with Crippen LogP contribution in [0.3, 0.4) is 0 Å². The Labute approximate surface area is 115 Å². The van der Waals surface area contributed by atoms with Gasteiger partial charge in [0.15, 0.2) is 5.79 Å². The van der Waals surface area contributed by atoms with Gasteiger partial charge in [-0.2, -0.15) is 0 Å². The van der Waals surface area contributed by atoms with E-state index in [0.717, 1.165) is 18.5 Å². The third kappa shape index (κ3) is 2.55. The highest BCUT2D eigenvalue weighted by atomic mass is 16.7. The van der Waals surface area contributed by atoms with Gasteiger partial charge in [-0.25, -0.2) is 0 Å². The van der Waals surface area contributed by atoms with Crippen molar-refractivity contribution in [1.29, 1.82) is 0 Å². The van der Waals surface area contributed by atoms with Gasteiger partial charge in [0, 0.05) is 18.0 Å². The van der Waals surface area contributed by atoms with Crippen molar-refractivity contribution in [3.63, 3.8) is 0 Å². The third-order valence-electron chi connectivity index (χ3n) is 4.30. The zero-order chi connectivity index (χ0) is 13.1. The molecule has 0 amide bonds. The Bertz CT molecular complexity index is 402. The molecule has 3 heteroatoms. The molecule has 0 radical (unpaired) electrons. The molecule has 0 spiro atoms. The molecule has 0 saturated carbocycles. The molecule has 0 unspecified atom stereocenters. The Kier molecular flexibility index (Phi) is 3.87. The molecule has 3 atom stereocenters. The van der Waals surface area contributed by atoms with E-state index in [9.17, 15) is 0 Å². The molecule has 2 saturated heterocycles. The Hall–Kier alpha value is -0.900. The van der Waals surface area contributed by atoms with Gasteiger partial charge in [-0.15, -0.1) is 0 Å². The summed E-state index contributed by atoms with van der Waals surface area (Å²) in [6.07, 6.45) is 4.80. The number of piperidine rings is 1. The van der Waals surface area contributed by atoms with Crippen LogP contribution in [0.15, 0.2) is 30.3 Å². The van der Waals surface area contributed by atoms with Crippen molar-refractivity contribution in [2.24, 2.45) is 0 Å². The first-order valence-electron chi connectivity index (χ1n) is 7.45. The second-order valence-corrected chi connectivity index (χ2v) is 5.50. The van der Waals surface area contributed by atoms with Gasteiger partial charge in [0.1, 0.15) is 6.10 Å². The highest BCUT2D eigenvalue weighted by Crippen LogP contribution is 2.38. The molecule has 104 valence electrons. The first-order chi connectivity index (χ1) is 9.34. The van der Waals surface area contributed by atoms with E-state index in [1.54, 1.807) is 0 Å². The Balaban J connectivity index is 1.75. The van der Waals surface area contributed by atoms with Gasteiger partial charge in [-0.05, 0) is 19.4 Å². The summed E-state index contributed by atoms with van der Waals surface area (Å²) in [5.41, 5.74) is 1.14. The summed E-state index contributed by atoms with van der Waals surface area (Å²) in [6, 6.07) is 10.8. The van der Waals surface area contributed by atoms with Crippen molar-refractivity contribution < 1.29 is 9.47 Å². The summed E-state index contributed by atoms with van der Waals surface area (Å²) in [4.78, 5) is 0. The van der Waals surface area contributed by atoms with E-state index < -0.39 is 5.79 Å². The highest BCUT2D eigenvalue weighted by molar-refractivity contribution is 5.21. The van der Waals surface area contributed by atoms with E-state index in [0.29, 0.717) is 12.6 Å². The lowest BCUT2D eigenvalue weighted by Crippen LogP contribution is -2.45. The van der Waals surface area contributed by atoms with Gasteiger partial charge in [0.25, 0.3) is 0 Å². The van der Waals surface area contributed by atoms with Crippen LogP contribution >= 0.6 is 0 Å². The molecule has 1 aromatic rings. The maximum Gasteiger partial charge on any atom is 0.195 e. The molecule has 1 N–H and O–H groups in total. The highest BCUT2D eigenvalue weighted by Gasteiger charge is 2.44. The summed E-state index contributed by atoms with van der Waals surface area (Å²) in [7, 11) is 0. The summed E-state index contributed by atoms with van der Waals surface area (Å²) in [6.45, 7) is 3.93. The molecule has 2 aliphatic rings. The van der Waals surface area contributed by atoms with E-state index in [2.05, 4.69) is 24.4 Å². The van der Waals surface area contributed by atoms with Crippen molar-refractivity contribution in [2.45, 2.75) is 50.5 Å². The van der Waals surface area contributed by atoms with Crippen LogP contribution in [-0.2, 0) is 15.3 Å². The molecule has 3 nitrogen and oxygen atoms in total. The van der Waals surface area contributed by atoms with E-state index in [1.807, 2.05) is 18.2 Å². The van der Waals surface area contributed by atoms with Gasteiger partial charge in [-0.1, -0.05) is 43.7 Å². The van der Waals surface area contributed by atoms with Crippen LogP contribution in [0, 0.1) is 0 Å². The lowest BCUT2D eigenvalue weighted by molar-refractivity contribution is -0.182. The minimum atomic E-state index is -0.537. The van der Waals surface area contributed by atoms with E-state index in [-0.39, 0.29) is 6.10 Å². The summed E-state index contributed by atoms with van der Waals surface area (Å²) < 4.78 is 12.4. The van der Waals surface area contributed by atoms with Crippen LogP contribution in [0.25, 0.3) is 0 Å². The maximum atomic E-state index is 6.34. The normalized spacial score (nSPS) is 35.4. The van der Waals surface area contributed by atoms with Crippen molar-refractivity contribution in [1.82, 2.24) is 5.32 Å². The van der Waals surface area contributed by atoms with Crippen molar-refractivity contribution in [3.8, 4) is 0 Å². The van der Waals surface area contributed by atoms with Gasteiger partial charge >= 0.3 is 0 Å². The second kappa shape index (κ2) is 5.61. The van der Waals surface area contributed by atoms with Gasteiger partial charge in [0.2, 0.25) is 0 Å². The number of hydrogen-bond acceptors (Lipinski definition) is 3. The van der Waals surface area contributed by atoms with E-state index in [4.69, 9.17) is 9.47 Å². The van der Waals surface area contributed by atoms with Crippen LogP contribution in [0.4, 0.5) is 0 Å². The standard InChI is InChI=1S/C16H23NO2/c1-2-16(13-8-4-3-5-9-13)18-12-15(19-16)14-10-6-7-11-17-14/h3-5,8-9,14-15,17H,2,6-7,10-12H2,1H3/t14-,15+,16-/m0/s1. The predicted octanol–water partition coefficient (Wildman–Crippen LogP) is 2.81. The van der Waals surface area contributed by atoms with Crippen molar-refractivity contribution in [2.75, 3.05) is 13.2 Å². The molecule has 2 heterocycles.